The number of carboxylic acid groups (broad SMARTS) is 1. The van der Waals surface area contributed by atoms with Crippen LogP contribution >= 0.6 is 0 Å². The van der Waals surface area contributed by atoms with E-state index in [1.165, 1.54) is 4.90 Å². The molecule has 0 radical (unpaired) electrons. The number of aliphatic carboxylic acids is 1. The van der Waals surface area contributed by atoms with Gasteiger partial charge in [0.05, 0.1) is 5.69 Å². The lowest BCUT2D eigenvalue weighted by atomic mass is 9.89. The maximum absolute atomic E-state index is 11.9. The molecule has 1 aliphatic rings. The number of amides is 1. The van der Waals surface area contributed by atoms with Gasteiger partial charge >= 0.3 is 5.97 Å². The molecule has 20 heavy (non-hydrogen) atoms. The topological polar surface area (TPSA) is 75.4 Å². The molecule has 2 heterocycles. The number of nitrogens with zero attached hydrogens (tertiary/aromatic N) is 3. The average molecular weight is 279 g/mol. The van der Waals surface area contributed by atoms with Gasteiger partial charge in [0.15, 0.2) is 0 Å². The quantitative estimate of drug-likeness (QED) is 0.904. The maximum Gasteiger partial charge on any atom is 0.326 e. The molecule has 1 aromatic heterocycles. The highest BCUT2D eigenvalue weighted by Gasteiger charge is 2.37. The Balaban J connectivity index is 2.30. The van der Waals surface area contributed by atoms with E-state index in [1.54, 1.807) is 4.68 Å². The van der Waals surface area contributed by atoms with Crippen LogP contribution in [0.5, 0.6) is 0 Å². The largest absolute Gasteiger partial charge is 0.480 e. The lowest BCUT2D eigenvalue weighted by Gasteiger charge is -2.24. The summed E-state index contributed by atoms with van der Waals surface area (Å²) in [4.78, 5) is 24.6. The molecule has 0 bridgehead atoms. The lowest BCUT2D eigenvalue weighted by Crippen LogP contribution is -2.38. The second-order valence-corrected chi connectivity index (χ2v) is 6.34. The Morgan fingerprint density at radius 2 is 2.15 bits per heavy atom. The number of hydrogen-bond acceptors (Lipinski definition) is 3. The minimum absolute atomic E-state index is 0.0962. The van der Waals surface area contributed by atoms with Gasteiger partial charge in [-0.05, 0) is 6.42 Å². The van der Waals surface area contributed by atoms with Gasteiger partial charge in [0.25, 0.3) is 0 Å². The summed E-state index contributed by atoms with van der Waals surface area (Å²) in [6.07, 6.45) is 2.56. The summed E-state index contributed by atoms with van der Waals surface area (Å²) in [6, 6.07) is -0.712. The van der Waals surface area contributed by atoms with Gasteiger partial charge in [-0.3, -0.25) is 9.48 Å². The number of aryl methyl sites for hydroxylation is 1. The van der Waals surface area contributed by atoms with Gasteiger partial charge in [-0.15, -0.1) is 0 Å². The average Bonchev–Trinajstić information content (AvgIpc) is 2.83. The second kappa shape index (κ2) is 4.92. The first kappa shape index (κ1) is 14.6. The number of likely N-dealkylation sites (tertiary alicyclic amines) is 1. The normalized spacial score (nSPS) is 19.7. The zero-order chi connectivity index (χ0) is 15.1. The van der Waals surface area contributed by atoms with Crippen LogP contribution in [0.25, 0.3) is 0 Å². The molecule has 1 saturated heterocycles. The van der Waals surface area contributed by atoms with Crippen LogP contribution in [-0.2, 0) is 28.6 Å². The molecular weight excluding hydrogens is 258 g/mol. The van der Waals surface area contributed by atoms with Crippen LogP contribution in [0.2, 0.25) is 0 Å². The zero-order valence-electron chi connectivity index (χ0n) is 12.4. The Hall–Kier alpha value is -1.85. The minimum Gasteiger partial charge on any atom is -0.480 e. The molecule has 1 aliphatic heterocycles. The third-order valence-electron chi connectivity index (χ3n) is 3.57. The van der Waals surface area contributed by atoms with E-state index < -0.39 is 12.0 Å². The van der Waals surface area contributed by atoms with Crippen LogP contribution < -0.4 is 0 Å². The Morgan fingerprint density at radius 3 is 2.70 bits per heavy atom. The van der Waals surface area contributed by atoms with Crippen molar-refractivity contribution >= 4 is 11.9 Å². The third kappa shape index (κ3) is 2.69. The van der Waals surface area contributed by atoms with E-state index in [4.69, 9.17) is 0 Å². The van der Waals surface area contributed by atoms with Crippen molar-refractivity contribution < 1.29 is 14.7 Å². The molecule has 110 valence electrons. The molecule has 2 rings (SSSR count). The molecule has 1 amide bonds. The van der Waals surface area contributed by atoms with Crippen LogP contribution in [0.15, 0.2) is 6.20 Å². The SMILES string of the molecule is Cn1cc(CN2C(=O)CCC2C(=O)O)c(C(C)(C)C)n1. The van der Waals surface area contributed by atoms with Crippen molar-refractivity contribution in [1.82, 2.24) is 14.7 Å². The first-order chi connectivity index (χ1) is 9.20. The van der Waals surface area contributed by atoms with Crippen LogP contribution in [0.3, 0.4) is 0 Å². The number of carbonyl (C=O) groups excluding carboxylic acids is 1. The molecule has 0 spiro atoms. The summed E-state index contributed by atoms with van der Waals surface area (Å²) in [7, 11) is 1.83. The highest BCUT2D eigenvalue weighted by Crippen LogP contribution is 2.28. The summed E-state index contributed by atoms with van der Waals surface area (Å²) < 4.78 is 1.71. The van der Waals surface area contributed by atoms with Gasteiger partial charge in [0.1, 0.15) is 6.04 Å². The number of aromatic nitrogens is 2. The molecule has 1 aromatic rings. The Bertz CT molecular complexity index is 542. The predicted octanol–water partition coefficient (Wildman–Crippen LogP) is 1.29. The van der Waals surface area contributed by atoms with Gasteiger partial charge in [-0.25, -0.2) is 4.79 Å². The summed E-state index contributed by atoms with van der Waals surface area (Å²) in [5, 5.41) is 13.6. The van der Waals surface area contributed by atoms with E-state index in [0.717, 1.165) is 11.3 Å². The first-order valence-corrected chi connectivity index (χ1v) is 6.75. The summed E-state index contributed by atoms with van der Waals surface area (Å²) >= 11 is 0. The van der Waals surface area contributed by atoms with Gasteiger partial charge in [0, 0.05) is 37.2 Å². The fraction of sp³-hybridized carbons (Fsp3) is 0.643. The van der Waals surface area contributed by atoms with Gasteiger partial charge in [0.2, 0.25) is 5.91 Å². The molecule has 0 aromatic carbocycles. The monoisotopic (exact) mass is 279 g/mol. The maximum atomic E-state index is 11.9. The lowest BCUT2D eigenvalue weighted by molar-refractivity contribution is -0.146. The van der Waals surface area contributed by atoms with Crippen molar-refractivity contribution in [1.29, 1.82) is 0 Å². The van der Waals surface area contributed by atoms with Crippen molar-refractivity contribution in [2.75, 3.05) is 0 Å². The Kier molecular flexibility index (Phi) is 3.58. The first-order valence-electron chi connectivity index (χ1n) is 6.75. The highest BCUT2D eigenvalue weighted by atomic mass is 16.4. The molecular formula is C14H21N3O3. The van der Waals surface area contributed by atoms with E-state index in [9.17, 15) is 14.7 Å². The molecule has 6 heteroatoms. The van der Waals surface area contributed by atoms with E-state index in [0.29, 0.717) is 19.4 Å². The highest BCUT2D eigenvalue weighted by molar-refractivity contribution is 5.87. The molecule has 6 nitrogen and oxygen atoms in total. The summed E-state index contributed by atoms with van der Waals surface area (Å²) in [5.41, 5.74) is 1.68. The third-order valence-corrected chi connectivity index (χ3v) is 3.57. The van der Waals surface area contributed by atoms with Crippen LogP contribution in [0, 0.1) is 0 Å². The number of carboxylic acids is 1. The van der Waals surface area contributed by atoms with Crippen molar-refractivity contribution in [3.05, 3.63) is 17.5 Å². The standard InChI is InChI=1S/C14H21N3O3/c1-14(2,3)12-9(7-16(4)15-12)8-17-10(13(19)20)5-6-11(17)18/h7,10H,5-6,8H2,1-4H3,(H,19,20). The van der Waals surface area contributed by atoms with Crippen molar-refractivity contribution in [3.63, 3.8) is 0 Å². The van der Waals surface area contributed by atoms with E-state index in [1.807, 2.05) is 13.2 Å². The van der Waals surface area contributed by atoms with Crippen molar-refractivity contribution in [3.8, 4) is 0 Å². The van der Waals surface area contributed by atoms with E-state index in [2.05, 4.69) is 25.9 Å². The van der Waals surface area contributed by atoms with Gasteiger partial charge in [-0.1, -0.05) is 20.8 Å². The summed E-state index contributed by atoms with van der Waals surface area (Å²) in [5.74, 6) is -1.03. The van der Waals surface area contributed by atoms with E-state index >= 15 is 0 Å². The molecule has 1 fully saturated rings. The second-order valence-electron chi connectivity index (χ2n) is 6.34. The minimum atomic E-state index is -0.933. The molecule has 1 N–H and O–H groups in total. The van der Waals surface area contributed by atoms with Crippen LogP contribution in [0.1, 0.15) is 44.9 Å². The summed E-state index contributed by atoms with van der Waals surface area (Å²) in [6.45, 7) is 6.48. The fourth-order valence-corrected chi connectivity index (χ4v) is 2.66. The van der Waals surface area contributed by atoms with Crippen LogP contribution in [-0.4, -0.2) is 37.7 Å². The van der Waals surface area contributed by atoms with Crippen molar-refractivity contribution in [2.24, 2.45) is 7.05 Å². The van der Waals surface area contributed by atoms with Crippen molar-refractivity contribution in [2.45, 2.75) is 51.6 Å². The Labute approximate surface area is 118 Å². The number of rotatable bonds is 3. The number of carbonyl (C=O) groups is 2. The van der Waals surface area contributed by atoms with Gasteiger partial charge in [-0.2, -0.15) is 5.10 Å². The van der Waals surface area contributed by atoms with Crippen LogP contribution in [0.4, 0.5) is 0 Å². The molecule has 1 atom stereocenters. The molecule has 0 saturated carbocycles. The molecule has 0 aliphatic carbocycles. The fourth-order valence-electron chi connectivity index (χ4n) is 2.66. The number of hydrogen-bond donors (Lipinski definition) is 1. The van der Waals surface area contributed by atoms with E-state index in [-0.39, 0.29) is 11.3 Å². The zero-order valence-corrected chi connectivity index (χ0v) is 12.4. The predicted molar refractivity (Wildman–Crippen MR) is 73.1 cm³/mol. The smallest absolute Gasteiger partial charge is 0.326 e. The van der Waals surface area contributed by atoms with Gasteiger partial charge < -0.3 is 10.0 Å². The molecule has 1 unspecified atom stereocenters. The Morgan fingerprint density at radius 1 is 1.50 bits per heavy atom.